The maximum Gasteiger partial charge on any atom is 0.271 e. The predicted octanol–water partition coefficient (Wildman–Crippen LogP) is 1.96. The number of anilines is 2. The van der Waals surface area contributed by atoms with Crippen LogP contribution in [-0.4, -0.2) is 29.9 Å². The fraction of sp³-hybridized carbons (Fsp3) is 0.125. The van der Waals surface area contributed by atoms with Gasteiger partial charge in [0.05, 0.1) is 10.6 Å². The van der Waals surface area contributed by atoms with Gasteiger partial charge in [-0.25, -0.2) is 0 Å². The van der Waals surface area contributed by atoms with E-state index in [0.29, 0.717) is 11.4 Å². The number of non-ortho nitro benzene ring substituents is 1. The van der Waals surface area contributed by atoms with Gasteiger partial charge in [-0.2, -0.15) is 0 Å². The molecule has 0 aliphatic carbocycles. The molecule has 8 heteroatoms. The van der Waals surface area contributed by atoms with Gasteiger partial charge in [0.15, 0.2) is 6.61 Å². The molecule has 0 spiro atoms. The van der Waals surface area contributed by atoms with Crippen molar-refractivity contribution in [2.75, 3.05) is 23.4 Å². The standard InChI is InChI=1S/C16H13N3O5/c20-15(17-11-4-2-1-3-5-11)9-18-13-8-12(19(22)23)6-7-14(13)24-10-16(18)21/h1-8H,9-10H2,(H,17,20). The Morgan fingerprint density at radius 2 is 2.00 bits per heavy atom. The van der Waals surface area contributed by atoms with Gasteiger partial charge in [0.2, 0.25) is 5.91 Å². The third-order valence-corrected chi connectivity index (χ3v) is 3.46. The summed E-state index contributed by atoms with van der Waals surface area (Å²) >= 11 is 0. The number of hydrogen-bond donors (Lipinski definition) is 1. The van der Waals surface area contributed by atoms with E-state index in [0.717, 1.165) is 0 Å². The highest BCUT2D eigenvalue weighted by atomic mass is 16.6. The summed E-state index contributed by atoms with van der Waals surface area (Å²) in [4.78, 5) is 35.8. The van der Waals surface area contributed by atoms with E-state index < -0.39 is 16.7 Å². The van der Waals surface area contributed by atoms with E-state index in [2.05, 4.69) is 5.32 Å². The molecule has 0 radical (unpaired) electrons. The minimum Gasteiger partial charge on any atom is -0.482 e. The van der Waals surface area contributed by atoms with Crippen LogP contribution in [0.5, 0.6) is 5.75 Å². The second-order valence-electron chi connectivity index (χ2n) is 5.09. The van der Waals surface area contributed by atoms with Crippen LogP contribution in [0.2, 0.25) is 0 Å². The van der Waals surface area contributed by atoms with Crippen LogP contribution < -0.4 is 15.0 Å². The average molecular weight is 327 g/mol. The molecule has 1 heterocycles. The minimum atomic E-state index is -0.568. The molecule has 2 amide bonds. The van der Waals surface area contributed by atoms with Crippen molar-refractivity contribution in [2.45, 2.75) is 0 Å². The number of nitro benzene ring substituents is 1. The minimum absolute atomic E-state index is 0.180. The number of carbonyl (C=O) groups is 2. The summed E-state index contributed by atoms with van der Waals surface area (Å²) < 4.78 is 5.26. The lowest BCUT2D eigenvalue weighted by Crippen LogP contribution is -2.43. The number of ether oxygens (including phenoxy) is 1. The summed E-state index contributed by atoms with van der Waals surface area (Å²) in [6.45, 7) is -0.477. The smallest absolute Gasteiger partial charge is 0.271 e. The molecule has 1 N–H and O–H groups in total. The van der Waals surface area contributed by atoms with Crippen molar-refractivity contribution in [3.8, 4) is 5.75 Å². The number of nitrogens with one attached hydrogen (secondary N) is 1. The zero-order chi connectivity index (χ0) is 17.1. The molecule has 122 valence electrons. The Morgan fingerprint density at radius 3 is 2.71 bits per heavy atom. The third-order valence-electron chi connectivity index (χ3n) is 3.46. The van der Waals surface area contributed by atoms with E-state index in [1.165, 1.54) is 23.1 Å². The number of para-hydroxylation sites is 1. The molecule has 0 unspecified atom stereocenters. The first-order valence-electron chi connectivity index (χ1n) is 7.11. The van der Waals surface area contributed by atoms with Gasteiger partial charge in [0, 0.05) is 17.8 Å². The van der Waals surface area contributed by atoms with E-state index in [4.69, 9.17) is 4.74 Å². The fourth-order valence-corrected chi connectivity index (χ4v) is 2.34. The van der Waals surface area contributed by atoms with Crippen molar-refractivity contribution in [1.82, 2.24) is 0 Å². The molecule has 0 bridgehead atoms. The Bertz CT molecular complexity index is 807. The maximum atomic E-state index is 12.2. The molecule has 24 heavy (non-hydrogen) atoms. The van der Waals surface area contributed by atoms with Crippen molar-refractivity contribution < 1.29 is 19.2 Å². The average Bonchev–Trinajstić information content (AvgIpc) is 2.58. The van der Waals surface area contributed by atoms with Gasteiger partial charge < -0.3 is 10.1 Å². The summed E-state index contributed by atoms with van der Waals surface area (Å²) in [5.41, 5.74) is 0.631. The van der Waals surface area contributed by atoms with Crippen LogP contribution in [0.4, 0.5) is 17.1 Å². The van der Waals surface area contributed by atoms with E-state index in [1.54, 1.807) is 24.3 Å². The quantitative estimate of drug-likeness (QED) is 0.683. The number of benzene rings is 2. The number of rotatable bonds is 4. The van der Waals surface area contributed by atoms with Gasteiger partial charge in [0.1, 0.15) is 12.3 Å². The van der Waals surface area contributed by atoms with Gasteiger partial charge in [-0.05, 0) is 18.2 Å². The van der Waals surface area contributed by atoms with Crippen LogP contribution in [0.25, 0.3) is 0 Å². The number of hydrogen-bond acceptors (Lipinski definition) is 5. The third kappa shape index (κ3) is 3.17. The van der Waals surface area contributed by atoms with Crippen molar-refractivity contribution in [2.24, 2.45) is 0 Å². The van der Waals surface area contributed by atoms with E-state index in [9.17, 15) is 19.7 Å². The van der Waals surface area contributed by atoms with E-state index in [-0.39, 0.29) is 24.5 Å². The Kier molecular flexibility index (Phi) is 4.11. The van der Waals surface area contributed by atoms with E-state index in [1.807, 2.05) is 6.07 Å². The topological polar surface area (TPSA) is 102 Å². The van der Waals surface area contributed by atoms with Gasteiger partial charge in [0.25, 0.3) is 11.6 Å². The van der Waals surface area contributed by atoms with Crippen molar-refractivity contribution in [3.05, 3.63) is 58.6 Å². The molecular formula is C16H13N3O5. The Hall–Kier alpha value is -3.42. The highest BCUT2D eigenvalue weighted by molar-refractivity contribution is 6.05. The summed E-state index contributed by atoms with van der Waals surface area (Å²) in [5.74, 6) is -0.521. The van der Waals surface area contributed by atoms with Gasteiger partial charge in [-0.3, -0.25) is 24.6 Å². The molecule has 0 fully saturated rings. The lowest BCUT2D eigenvalue weighted by atomic mass is 10.2. The molecule has 2 aromatic rings. The first-order chi connectivity index (χ1) is 11.5. The van der Waals surface area contributed by atoms with Crippen molar-refractivity contribution in [3.63, 3.8) is 0 Å². The number of amides is 2. The summed E-state index contributed by atoms with van der Waals surface area (Å²) in [5, 5.41) is 13.6. The first-order valence-corrected chi connectivity index (χ1v) is 7.11. The van der Waals surface area contributed by atoms with Gasteiger partial charge >= 0.3 is 0 Å². The molecule has 2 aromatic carbocycles. The zero-order valence-electron chi connectivity index (χ0n) is 12.5. The lowest BCUT2D eigenvalue weighted by molar-refractivity contribution is -0.384. The Balaban J connectivity index is 1.83. The molecular weight excluding hydrogens is 314 g/mol. The molecule has 1 aliphatic rings. The first kappa shape index (κ1) is 15.5. The fourth-order valence-electron chi connectivity index (χ4n) is 2.34. The number of carbonyl (C=O) groups excluding carboxylic acids is 2. The van der Waals surface area contributed by atoms with Crippen molar-refractivity contribution >= 4 is 28.9 Å². The SMILES string of the molecule is O=C(CN1C(=O)COc2ccc([N+](=O)[O-])cc21)Nc1ccccc1. The molecule has 0 aromatic heterocycles. The highest BCUT2D eigenvalue weighted by Crippen LogP contribution is 2.35. The highest BCUT2D eigenvalue weighted by Gasteiger charge is 2.29. The number of nitrogens with zero attached hydrogens (tertiary/aromatic N) is 2. The predicted molar refractivity (Wildman–Crippen MR) is 86.0 cm³/mol. The summed E-state index contributed by atoms with van der Waals surface area (Å²) in [6, 6.07) is 12.7. The van der Waals surface area contributed by atoms with Crippen LogP contribution in [-0.2, 0) is 9.59 Å². The second kappa shape index (κ2) is 6.37. The second-order valence-corrected chi connectivity index (χ2v) is 5.09. The molecule has 0 atom stereocenters. The molecule has 0 saturated heterocycles. The number of fused-ring (bicyclic) bond motifs is 1. The summed E-state index contributed by atoms with van der Waals surface area (Å²) in [6.07, 6.45) is 0. The van der Waals surface area contributed by atoms with Crippen LogP contribution in [0.15, 0.2) is 48.5 Å². The molecule has 8 nitrogen and oxygen atoms in total. The summed E-state index contributed by atoms with van der Waals surface area (Å²) in [7, 11) is 0. The van der Waals surface area contributed by atoms with Crippen LogP contribution in [0, 0.1) is 10.1 Å². The van der Waals surface area contributed by atoms with Crippen LogP contribution >= 0.6 is 0 Å². The molecule has 3 rings (SSSR count). The molecule has 1 aliphatic heterocycles. The van der Waals surface area contributed by atoms with Gasteiger partial charge in [-0.1, -0.05) is 18.2 Å². The monoisotopic (exact) mass is 327 g/mol. The zero-order valence-corrected chi connectivity index (χ0v) is 12.5. The normalized spacial score (nSPS) is 13.0. The Labute approximate surface area is 136 Å². The van der Waals surface area contributed by atoms with Crippen molar-refractivity contribution in [1.29, 1.82) is 0 Å². The molecule has 0 saturated carbocycles. The number of nitro groups is 1. The van der Waals surface area contributed by atoms with Crippen LogP contribution in [0.3, 0.4) is 0 Å². The van der Waals surface area contributed by atoms with Crippen LogP contribution in [0.1, 0.15) is 0 Å². The van der Waals surface area contributed by atoms with Gasteiger partial charge in [-0.15, -0.1) is 0 Å². The lowest BCUT2D eigenvalue weighted by Gasteiger charge is -2.28. The maximum absolute atomic E-state index is 12.2. The Morgan fingerprint density at radius 1 is 1.25 bits per heavy atom. The van der Waals surface area contributed by atoms with E-state index >= 15 is 0 Å². The largest absolute Gasteiger partial charge is 0.482 e.